The highest BCUT2D eigenvalue weighted by molar-refractivity contribution is 7.80. The summed E-state index contributed by atoms with van der Waals surface area (Å²) in [6.45, 7) is 3.59. The monoisotopic (exact) mass is 326 g/mol. The second-order valence-corrected chi connectivity index (χ2v) is 5.21. The number of carbonyl (C=O) groups is 1. The highest BCUT2D eigenvalue weighted by Crippen LogP contribution is 2.32. The second-order valence-electron chi connectivity index (χ2n) is 4.83. The Labute approximate surface area is 132 Å². The van der Waals surface area contributed by atoms with E-state index < -0.39 is 23.6 Å². The summed E-state index contributed by atoms with van der Waals surface area (Å²) < 4.78 is 32.3. The second kappa shape index (κ2) is 6.39. The molecule has 7 heteroatoms. The zero-order valence-electron chi connectivity index (χ0n) is 12.4. The van der Waals surface area contributed by atoms with Crippen LogP contribution < -0.4 is 5.32 Å². The Balaban J connectivity index is 2.55. The standard InChI is InChI=1S/C15H16F2N2O2S/c1-4-21-14(20)12-8(2)19(3)15(22)18-13(12)10-6-5-9(16)7-11(10)17/h5-7,13H,4H2,1-3H3,(H,18,22)/t13-/m1/s1. The summed E-state index contributed by atoms with van der Waals surface area (Å²) in [6, 6.07) is 2.39. The molecule has 2 rings (SSSR count). The van der Waals surface area contributed by atoms with Crippen LogP contribution in [0.4, 0.5) is 8.78 Å². The number of allylic oxidation sites excluding steroid dienone is 1. The van der Waals surface area contributed by atoms with Gasteiger partial charge in [0.15, 0.2) is 5.11 Å². The Bertz CT molecular complexity index is 661. The summed E-state index contributed by atoms with van der Waals surface area (Å²) in [5, 5.41) is 3.25. The number of halogens is 2. The lowest BCUT2D eigenvalue weighted by Crippen LogP contribution is -2.46. The number of carbonyl (C=O) groups excluding carboxylic acids is 1. The molecule has 0 spiro atoms. The Morgan fingerprint density at radius 1 is 1.45 bits per heavy atom. The SMILES string of the molecule is CCOC(=O)C1=C(C)N(C)C(=S)N[C@@H]1c1ccc(F)cc1F. The number of benzene rings is 1. The van der Waals surface area contributed by atoms with Gasteiger partial charge in [0, 0.05) is 24.4 Å². The Kier molecular flexibility index (Phi) is 4.75. The minimum Gasteiger partial charge on any atom is -0.463 e. The molecule has 4 nitrogen and oxygen atoms in total. The van der Waals surface area contributed by atoms with Gasteiger partial charge in [-0.2, -0.15) is 0 Å². The minimum absolute atomic E-state index is 0.138. The zero-order valence-corrected chi connectivity index (χ0v) is 13.3. The van der Waals surface area contributed by atoms with Gasteiger partial charge >= 0.3 is 5.97 Å². The van der Waals surface area contributed by atoms with Gasteiger partial charge in [0.05, 0.1) is 18.2 Å². The molecule has 0 saturated carbocycles. The number of hydrogen-bond acceptors (Lipinski definition) is 3. The van der Waals surface area contributed by atoms with Gasteiger partial charge in [0.25, 0.3) is 0 Å². The Morgan fingerprint density at radius 3 is 2.73 bits per heavy atom. The van der Waals surface area contributed by atoms with E-state index in [1.165, 1.54) is 6.07 Å². The molecule has 1 N–H and O–H groups in total. The molecule has 1 aromatic carbocycles. The first-order chi connectivity index (χ1) is 10.4. The smallest absolute Gasteiger partial charge is 0.338 e. The fourth-order valence-electron chi connectivity index (χ4n) is 2.28. The number of nitrogens with one attached hydrogen (secondary N) is 1. The molecule has 0 bridgehead atoms. The van der Waals surface area contributed by atoms with E-state index in [-0.39, 0.29) is 17.7 Å². The third kappa shape index (κ3) is 2.94. The lowest BCUT2D eigenvalue weighted by Gasteiger charge is -2.35. The van der Waals surface area contributed by atoms with E-state index in [4.69, 9.17) is 17.0 Å². The Hall–Kier alpha value is -2.02. The van der Waals surface area contributed by atoms with Crippen molar-refractivity contribution in [2.45, 2.75) is 19.9 Å². The van der Waals surface area contributed by atoms with Gasteiger partial charge in [-0.3, -0.25) is 0 Å². The van der Waals surface area contributed by atoms with Crippen LogP contribution in [-0.4, -0.2) is 29.6 Å². The molecule has 22 heavy (non-hydrogen) atoms. The predicted octanol–water partition coefficient (Wildman–Crippen LogP) is 2.66. The molecule has 1 aromatic rings. The van der Waals surface area contributed by atoms with Gasteiger partial charge < -0.3 is 15.0 Å². The van der Waals surface area contributed by atoms with Crippen LogP contribution in [-0.2, 0) is 9.53 Å². The summed E-state index contributed by atoms with van der Waals surface area (Å²) in [7, 11) is 1.70. The first-order valence-electron chi connectivity index (χ1n) is 6.73. The first kappa shape index (κ1) is 16.4. The molecular formula is C15H16F2N2O2S. The largest absolute Gasteiger partial charge is 0.463 e. The van der Waals surface area contributed by atoms with Gasteiger partial charge in [-0.1, -0.05) is 6.07 Å². The molecule has 1 heterocycles. The van der Waals surface area contributed by atoms with Gasteiger partial charge in [0.2, 0.25) is 0 Å². The maximum Gasteiger partial charge on any atom is 0.338 e. The van der Waals surface area contributed by atoms with Crippen molar-refractivity contribution < 1.29 is 18.3 Å². The van der Waals surface area contributed by atoms with Gasteiger partial charge in [-0.15, -0.1) is 0 Å². The topological polar surface area (TPSA) is 41.6 Å². The molecule has 1 atom stereocenters. The van der Waals surface area contributed by atoms with Crippen molar-refractivity contribution in [1.29, 1.82) is 0 Å². The molecule has 1 aliphatic rings. The third-order valence-corrected chi connectivity index (χ3v) is 3.91. The van der Waals surface area contributed by atoms with E-state index in [1.807, 2.05) is 0 Å². The number of rotatable bonds is 3. The number of hydrogen-bond donors (Lipinski definition) is 1. The van der Waals surface area contributed by atoms with Crippen LogP contribution in [0.3, 0.4) is 0 Å². The van der Waals surface area contributed by atoms with Crippen molar-refractivity contribution in [3.05, 3.63) is 46.7 Å². The molecule has 0 aromatic heterocycles. The number of thiocarbonyl (C=S) groups is 1. The Morgan fingerprint density at radius 2 is 2.14 bits per heavy atom. The third-order valence-electron chi connectivity index (χ3n) is 3.52. The van der Waals surface area contributed by atoms with Crippen LogP contribution in [0, 0.1) is 11.6 Å². The van der Waals surface area contributed by atoms with Crippen LogP contribution in [0.25, 0.3) is 0 Å². The van der Waals surface area contributed by atoms with Crippen molar-refractivity contribution >= 4 is 23.3 Å². The number of ether oxygens (including phenoxy) is 1. The quantitative estimate of drug-likeness (QED) is 0.683. The van der Waals surface area contributed by atoms with Crippen LogP contribution in [0.5, 0.6) is 0 Å². The average molecular weight is 326 g/mol. The van der Waals surface area contributed by atoms with Crippen LogP contribution in [0.1, 0.15) is 25.5 Å². The van der Waals surface area contributed by atoms with Gasteiger partial charge in [-0.25, -0.2) is 13.6 Å². The van der Waals surface area contributed by atoms with Gasteiger partial charge in [0.1, 0.15) is 11.6 Å². The average Bonchev–Trinajstić information content (AvgIpc) is 2.44. The molecular weight excluding hydrogens is 310 g/mol. The normalized spacial score (nSPS) is 18.3. The summed E-state index contributed by atoms with van der Waals surface area (Å²) in [5.74, 6) is -2.00. The molecule has 0 unspecified atom stereocenters. The zero-order chi connectivity index (χ0) is 16.4. The van der Waals surface area contributed by atoms with E-state index in [1.54, 1.807) is 25.8 Å². The van der Waals surface area contributed by atoms with Crippen molar-refractivity contribution in [1.82, 2.24) is 10.2 Å². The van der Waals surface area contributed by atoms with E-state index in [9.17, 15) is 13.6 Å². The fourth-order valence-corrected chi connectivity index (χ4v) is 2.53. The fraction of sp³-hybridized carbons (Fsp3) is 0.333. The van der Waals surface area contributed by atoms with E-state index in [0.29, 0.717) is 10.8 Å². The highest BCUT2D eigenvalue weighted by Gasteiger charge is 2.34. The summed E-state index contributed by atoms with van der Waals surface area (Å²) in [4.78, 5) is 13.8. The lowest BCUT2D eigenvalue weighted by atomic mass is 9.94. The highest BCUT2D eigenvalue weighted by atomic mass is 32.1. The lowest BCUT2D eigenvalue weighted by molar-refractivity contribution is -0.139. The van der Waals surface area contributed by atoms with E-state index >= 15 is 0 Å². The predicted molar refractivity (Wildman–Crippen MR) is 81.9 cm³/mol. The van der Waals surface area contributed by atoms with E-state index in [2.05, 4.69) is 5.32 Å². The van der Waals surface area contributed by atoms with E-state index in [0.717, 1.165) is 12.1 Å². The van der Waals surface area contributed by atoms with Gasteiger partial charge in [-0.05, 0) is 32.1 Å². The van der Waals surface area contributed by atoms with Crippen LogP contribution in [0.2, 0.25) is 0 Å². The summed E-state index contributed by atoms with van der Waals surface area (Å²) in [5.41, 5.74) is 0.957. The molecule has 0 amide bonds. The number of esters is 1. The molecule has 0 aliphatic carbocycles. The summed E-state index contributed by atoms with van der Waals surface area (Å²) >= 11 is 5.19. The maximum atomic E-state index is 14.1. The molecule has 0 saturated heterocycles. The minimum atomic E-state index is -0.816. The van der Waals surface area contributed by atoms with Crippen molar-refractivity contribution in [2.75, 3.05) is 13.7 Å². The van der Waals surface area contributed by atoms with Crippen molar-refractivity contribution in [3.63, 3.8) is 0 Å². The molecule has 0 fully saturated rings. The maximum absolute atomic E-state index is 14.1. The first-order valence-corrected chi connectivity index (χ1v) is 7.14. The van der Waals surface area contributed by atoms with Crippen molar-refractivity contribution in [3.8, 4) is 0 Å². The molecule has 118 valence electrons. The van der Waals surface area contributed by atoms with Crippen LogP contribution in [0.15, 0.2) is 29.5 Å². The summed E-state index contributed by atoms with van der Waals surface area (Å²) in [6.07, 6.45) is 0. The number of nitrogens with zero attached hydrogens (tertiary/aromatic N) is 1. The van der Waals surface area contributed by atoms with Crippen molar-refractivity contribution in [2.24, 2.45) is 0 Å². The molecule has 1 aliphatic heterocycles. The molecule has 0 radical (unpaired) electrons. The van der Waals surface area contributed by atoms with Crippen LogP contribution >= 0.6 is 12.2 Å².